The van der Waals surface area contributed by atoms with E-state index < -0.39 is 6.04 Å². The molecule has 2 aromatic rings. The van der Waals surface area contributed by atoms with Crippen LogP contribution in [0.2, 0.25) is 5.02 Å². The highest BCUT2D eigenvalue weighted by molar-refractivity contribution is 6.31. The lowest BCUT2D eigenvalue weighted by Crippen LogP contribution is -2.51. The first-order valence-corrected chi connectivity index (χ1v) is 10.3. The number of carbonyl (C=O) groups excluding carboxylic acids is 2. The molecule has 0 aliphatic carbocycles. The van der Waals surface area contributed by atoms with Crippen LogP contribution in [0, 0.1) is 0 Å². The Hall–Kier alpha value is -2.73. The van der Waals surface area contributed by atoms with Crippen LogP contribution in [0.3, 0.4) is 0 Å². The highest BCUT2D eigenvalue weighted by atomic mass is 35.5. The van der Waals surface area contributed by atoms with Crippen molar-refractivity contribution in [1.82, 2.24) is 10.2 Å². The van der Waals surface area contributed by atoms with Gasteiger partial charge in [0.25, 0.3) is 5.91 Å². The normalized spacial score (nSPS) is 11.7. The number of para-hydroxylation sites is 2. The van der Waals surface area contributed by atoms with E-state index in [9.17, 15) is 9.59 Å². The van der Waals surface area contributed by atoms with Gasteiger partial charge in [-0.3, -0.25) is 9.59 Å². The summed E-state index contributed by atoms with van der Waals surface area (Å²) in [6, 6.07) is 13.7. The van der Waals surface area contributed by atoms with Gasteiger partial charge in [-0.05, 0) is 44.0 Å². The quantitative estimate of drug-likeness (QED) is 0.614. The van der Waals surface area contributed by atoms with Crippen LogP contribution >= 0.6 is 11.6 Å². The Morgan fingerprint density at radius 3 is 2.30 bits per heavy atom. The molecule has 6 nitrogen and oxygen atoms in total. The molecule has 0 heterocycles. The Morgan fingerprint density at radius 1 is 1.07 bits per heavy atom. The number of rotatable bonds is 10. The maximum atomic E-state index is 13.2. The molecule has 0 saturated carbocycles. The monoisotopic (exact) mass is 432 g/mol. The number of carbonyl (C=O) groups is 2. The highest BCUT2D eigenvalue weighted by Gasteiger charge is 2.29. The Morgan fingerprint density at radius 2 is 1.70 bits per heavy atom. The summed E-state index contributed by atoms with van der Waals surface area (Å²) in [5, 5.41) is 3.44. The number of ether oxygens (including phenoxy) is 2. The molecule has 0 fully saturated rings. The second kappa shape index (κ2) is 11.5. The van der Waals surface area contributed by atoms with E-state index in [4.69, 9.17) is 21.1 Å². The van der Waals surface area contributed by atoms with Crippen molar-refractivity contribution in [2.45, 2.75) is 45.8 Å². The number of nitrogens with one attached hydrogen (secondary N) is 1. The van der Waals surface area contributed by atoms with Crippen LogP contribution in [0.1, 0.15) is 32.8 Å². The summed E-state index contributed by atoms with van der Waals surface area (Å²) in [4.78, 5) is 27.5. The molecule has 0 aromatic heterocycles. The van der Waals surface area contributed by atoms with E-state index >= 15 is 0 Å². The minimum Gasteiger partial charge on any atom is -0.493 e. The molecule has 7 heteroatoms. The molecule has 1 atom stereocenters. The third kappa shape index (κ3) is 6.39. The average molecular weight is 433 g/mol. The fourth-order valence-electron chi connectivity index (χ4n) is 3.07. The van der Waals surface area contributed by atoms with E-state index in [2.05, 4.69) is 5.32 Å². The maximum Gasteiger partial charge on any atom is 0.261 e. The van der Waals surface area contributed by atoms with E-state index in [0.717, 1.165) is 5.56 Å². The molecule has 162 valence electrons. The summed E-state index contributed by atoms with van der Waals surface area (Å²) in [6.07, 6.45) is 0.462. The first-order chi connectivity index (χ1) is 14.4. The molecule has 0 spiro atoms. The van der Waals surface area contributed by atoms with Gasteiger partial charge in [0.05, 0.1) is 7.11 Å². The Kier molecular flexibility index (Phi) is 8.99. The van der Waals surface area contributed by atoms with Gasteiger partial charge in [0.2, 0.25) is 5.91 Å². The Labute approximate surface area is 183 Å². The first kappa shape index (κ1) is 23.5. The third-order valence-corrected chi connectivity index (χ3v) is 4.90. The van der Waals surface area contributed by atoms with Gasteiger partial charge in [0.1, 0.15) is 6.04 Å². The summed E-state index contributed by atoms with van der Waals surface area (Å²) in [5.74, 6) is 0.482. The Bertz CT molecular complexity index is 857. The summed E-state index contributed by atoms with van der Waals surface area (Å²) in [7, 11) is 1.54. The fraction of sp³-hybridized carbons (Fsp3) is 0.391. The fourth-order valence-corrected chi connectivity index (χ4v) is 3.27. The van der Waals surface area contributed by atoms with Crippen molar-refractivity contribution in [2.24, 2.45) is 0 Å². The zero-order chi connectivity index (χ0) is 22.1. The average Bonchev–Trinajstić information content (AvgIpc) is 2.72. The molecule has 0 saturated heterocycles. The van der Waals surface area contributed by atoms with Gasteiger partial charge in [0.15, 0.2) is 18.1 Å². The van der Waals surface area contributed by atoms with E-state index in [-0.39, 0.29) is 31.0 Å². The number of nitrogens with zero attached hydrogens (tertiary/aromatic N) is 1. The molecule has 1 unspecified atom stereocenters. The van der Waals surface area contributed by atoms with Gasteiger partial charge < -0.3 is 19.7 Å². The van der Waals surface area contributed by atoms with Crippen molar-refractivity contribution in [2.75, 3.05) is 13.7 Å². The molecular formula is C23H29ClN2O4. The van der Waals surface area contributed by atoms with E-state index in [1.807, 2.05) is 45.0 Å². The van der Waals surface area contributed by atoms with Gasteiger partial charge in [-0.1, -0.05) is 48.9 Å². The standard InChI is InChI=1S/C23H29ClN2O4/c1-5-19(23(28)25-16(2)3)26(14-17-10-6-7-11-18(17)24)22(27)15-30-21-13-9-8-12-20(21)29-4/h6-13,16,19H,5,14-15H2,1-4H3,(H,25,28). The highest BCUT2D eigenvalue weighted by Crippen LogP contribution is 2.26. The number of amides is 2. The summed E-state index contributed by atoms with van der Waals surface area (Å²) < 4.78 is 11.0. The largest absolute Gasteiger partial charge is 0.493 e. The summed E-state index contributed by atoms with van der Waals surface area (Å²) in [5.41, 5.74) is 0.764. The molecule has 0 aliphatic heterocycles. The molecule has 2 rings (SSSR count). The lowest BCUT2D eigenvalue weighted by molar-refractivity contribution is -0.143. The molecule has 2 aromatic carbocycles. The zero-order valence-electron chi connectivity index (χ0n) is 17.9. The van der Waals surface area contributed by atoms with Crippen LogP contribution in [-0.2, 0) is 16.1 Å². The number of hydrogen-bond donors (Lipinski definition) is 1. The van der Waals surface area contributed by atoms with E-state index in [0.29, 0.717) is 22.9 Å². The van der Waals surface area contributed by atoms with Crippen molar-refractivity contribution in [1.29, 1.82) is 0 Å². The summed E-state index contributed by atoms with van der Waals surface area (Å²) >= 11 is 6.31. The first-order valence-electron chi connectivity index (χ1n) is 9.96. The van der Waals surface area contributed by atoms with Gasteiger partial charge in [-0.2, -0.15) is 0 Å². The second-order valence-electron chi connectivity index (χ2n) is 7.14. The lowest BCUT2D eigenvalue weighted by Gasteiger charge is -2.31. The van der Waals surface area contributed by atoms with Crippen LogP contribution < -0.4 is 14.8 Å². The van der Waals surface area contributed by atoms with E-state index in [1.165, 1.54) is 12.0 Å². The van der Waals surface area contributed by atoms with E-state index in [1.54, 1.807) is 24.3 Å². The molecule has 1 N–H and O–H groups in total. The van der Waals surface area contributed by atoms with Crippen LogP contribution in [0.25, 0.3) is 0 Å². The maximum absolute atomic E-state index is 13.2. The third-order valence-electron chi connectivity index (χ3n) is 4.54. The zero-order valence-corrected chi connectivity index (χ0v) is 18.6. The van der Waals surface area contributed by atoms with Crippen molar-refractivity contribution in [3.8, 4) is 11.5 Å². The summed E-state index contributed by atoms with van der Waals surface area (Å²) in [6.45, 7) is 5.62. The van der Waals surface area contributed by atoms with Crippen LogP contribution in [0.15, 0.2) is 48.5 Å². The SMILES string of the molecule is CCC(C(=O)NC(C)C)N(Cc1ccccc1Cl)C(=O)COc1ccccc1OC. The number of benzene rings is 2. The minimum atomic E-state index is -0.641. The Balaban J connectivity index is 2.25. The van der Waals surface area contributed by atoms with Gasteiger partial charge in [0, 0.05) is 17.6 Å². The second-order valence-corrected chi connectivity index (χ2v) is 7.55. The number of hydrogen-bond acceptors (Lipinski definition) is 4. The molecular weight excluding hydrogens is 404 g/mol. The molecule has 30 heavy (non-hydrogen) atoms. The smallest absolute Gasteiger partial charge is 0.261 e. The van der Waals surface area contributed by atoms with Gasteiger partial charge in [-0.25, -0.2) is 0 Å². The molecule has 0 bridgehead atoms. The topological polar surface area (TPSA) is 67.9 Å². The predicted molar refractivity (Wildman–Crippen MR) is 118 cm³/mol. The lowest BCUT2D eigenvalue weighted by atomic mass is 10.1. The van der Waals surface area contributed by atoms with Crippen molar-refractivity contribution >= 4 is 23.4 Å². The van der Waals surface area contributed by atoms with Crippen molar-refractivity contribution in [3.05, 3.63) is 59.1 Å². The van der Waals surface area contributed by atoms with Gasteiger partial charge >= 0.3 is 0 Å². The number of halogens is 1. The van der Waals surface area contributed by atoms with Crippen LogP contribution in [-0.4, -0.2) is 42.5 Å². The molecule has 0 radical (unpaired) electrons. The minimum absolute atomic E-state index is 0.0337. The predicted octanol–water partition coefficient (Wildman–Crippen LogP) is 4.06. The van der Waals surface area contributed by atoms with Crippen molar-refractivity contribution in [3.63, 3.8) is 0 Å². The molecule has 0 aliphatic rings. The van der Waals surface area contributed by atoms with Crippen LogP contribution in [0.4, 0.5) is 0 Å². The number of methoxy groups -OCH3 is 1. The van der Waals surface area contributed by atoms with Crippen LogP contribution in [0.5, 0.6) is 11.5 Å². The van der Waals surface area contributed by atoms with Gasteiger partial charge in [-0.15, -0.1) is 0 Å². The van der Waals surface area contributed by atoms with Crippen molar-refractivity contribution < 1.29 is 19.1 Å². The molecule has 2 amide bonds.